The fraction of sp³-hybridized carbons (Fsp3) is 0.600. The lowest BCUT2D eigenvalue weighted by Gasteiger charge is -2.06. The second kappa shape index (κ2) is 4.87. The van der Waals surface area contributed by atoms with E-state index >= 15 is 0 Å². The Morgan fingerprint density at radius 3 is 2.62 bits per heavy atom. The highest BCUT2D eigenvalue weighted by atomic mass is 28.1. The monoisotopic (exact) mass is 132 g/mol. The van der Waals surface area contributed by atoms with Crippen molar-refractivity contribution in [2.45, 2.75) is 13.2 Å². The van der Waals surface area contributed by atoms with Gasteiger partial charge < -0.3 is 9.47 Å². The minimum atomic E-state index is -0.111. The van der Waals surface area contributed by atoms with Crippen molar-refractivity contribution in [1.29, 1.82) is 0 Å². The van der Waals surface area contributed by atoms with Crippen LogP contribution >= 0.6 is 0 Å². The van der Waals surface area contributed by atoms with Crippen LogP contribution in [-0.2, 0) is 9.47 Å². The van der Waals surface area contributed by atoms with Gasteiger partial charge in [0.15, 0.2) is 6.29 Å². The number of hydrogen-bond donors (Lipinski definition) is 0. The van der Waals surface area contributed by atoms with Gasteiger partial charge in [-0.15, -0.1) is 0 Å². The zero-order valence-electron chi connectivity index (χ0n) is 5.55. The smallest absolute Gasteiger partial charge is 0.195 e. The van der Waals surface area contributed by atoms with Crippen molar-refractivity contribution < 1.29 is 9.47 Å². The first-order valence-electron chi connectivity index (χ1n) is 2.60. The minimum absolute atomic E-state index is 0.111. The average Bonchev–Trinajstić information content (AvgIpc) is 1.83. The van der Waals surface area contributed by atoms with Crippen LogP contribution in [0.3, 0.4) is 0 Å². The van der Waals surface area contributed by atoms with Crippen LogP contribution < -0.4 is 0 Å². The molecule has 0 aliphatic heterocycles. The number of rotatable bonds is 3. The van der Waals surface area contributed by atoms with Gasteiger partial charge in [-0.25, -0.2) is 0 Å². The van der Waals surface area contributed by atoms with Crippen molar-refractivity contribution in [3.8, 4) is 0 Å². The quantitative estimate of drug-likeness (QED) is 0.301. The molecule has 0 aliphatic rings. The van der Waals surface area contributed by atoms with Gasteiger partial charge in [-0.3, -0.25) is 0 Å². The van der Waals surface area contributed by atoms with Crippen LogP contribution in [0.15, 0.2) is 12.0 Å². The predicted molar refractivity (Wildman–Crippen MR) is 36.6 cm³/mol. The standard InChI is InChI=1S/C5H12O2Si/c1-5(6-2)7-3-4-8/h3-5H,1-2,8H3. The van der Waals surface area contributed by atoms with Crippen molar-refractivity contribution in [3.63, 3.8) is 0 Å². The van der Waals surface area contributed by atoms with Crippen LogP contribution in [0.1, 0.15) is 6.92 Å². The van der Waals surface area contributed by atoms with E-state index in [1.165, 1.54) is 0 Å². The molecule has 48 valence electrons. The van der Waals surface area contributed by atoms with Crippen LogP contribution in [0.5, 0.6) is 0 Å². The zero-order valence-corrected chi connectivity index (χ0v) is 7.55. The van der Waals surface area contributed by atoms with E-state index in [0.717, 1.165) is 10.2 Å². The minimum Gasteiger partial charge on any atom is -0.474 e. The third-order valence-corrected chi connectivity index (χ3v) is 1.01. The first kappa shape index (κ1) is 7.72. The molecule has 0 bridgehead atoms. The molecule has 0 aliphatic carbocycles. The highest BCUT2D eigenvalue weighted by Crippen LogP contribution is 1.89. The first-order valence-corrected chi connectivity index (χ1v) is 3.76. The van der Waals surface area contributed by atoms with Gasteiger partial charge in [0.05, 0.1) is 6.26 Å². The maximum atomic E-state index is 4.97. The lowest BCUT2D eigenvalue weighted by atomic mass is 10.7. The predicted octanol–water partition coefficient (Wildman–Crippen LogP) is -0.168. The van der Waals surface area contributed by atoms with E-state index in [-0.39, 0.29) is 6.29 Å². The molecule has 0 aromatic rings. The van der Waals surface area contributed by atoms with Crippen LogP contribution in [0, 0.1) is 0 Å². The van der Waals surface area contributed by atoms with Gasteiger partial charge in [0.1, 0.15) is 0 Å². The molecule has 1 unspecified atom stereocenters. The molecule has 0 saturated carbocycles. The fourth-order valence-corrected chi connectivity index (χ4v) is 0.402. The van der Waals surface area contributed by atoms with Crippen molar-refractivity contribution in [1.82, 2.24) is 0 Å². The summed E-state index contributed by atoms with van der Waals surface area (Å²) in [6.45, 7) is 1.85. The molecule has 0 rings (SSSR count). The summed E-state index contributed by atoms with van der Waals surface area (Å²) >= 11 is 0. The summed E-state index contributed by atoms with van der Waals surface area (Å²) in [5.41, 5.74) is 1.95. The third kappa shape index (κ3) is 3.89. The molecular weight excluding hydrogens is 120 g/mol. The Bertz CT molecular complexity index is 72.8. The molecule has 8 heavy (non-hydrogen) atoms. The van der Waals surface area contributed by atoms with Gasteiger partial charge in [-0.2, -0.15) is 0 Å². The fourth-order valence-electron chi connectivity index (χ4n) is 0.245. The Morgan fingerprint density at radius 1 is 1.62 bits per heavy atom. The van der Waals surface area contributed by atoms with Crippen molar-refractivity contribution in [2.75, 3.05) is 7.11 Å². The Balaban J connectivity index is 3.10. The Hall–Kier alpha value is -0.283. The van der Waals surface area contributed by atoms with E-state index in [1.54, 1.807) is 13.4 Å². The van der Waals surface area contributed by atoms with E-state index in [0.29, 0.717) is 0 Å². The number of methoxy groups -OCH3 is 1. The van der Waals surface area contributed by atoms with Crippen LogP contribution in [0.4, 0.5) is 0 Å². The van der Waals surface area contributed by atoms with Crippen LogP contribution in [0.25, 0.3) is 0 Å². The Morgan fingerprint density at radius 2 is 2.25 bits per heavy atom. The normalized spacial score (nSPS) is 14.8. The lowest BCUT2D eigenvalue weighted by Crippen LogP contribution is -2.05. The van der Waals surface area contributed by atoms with Crippen LogP contribution in [-0.4, -0.2) is 23.6 Å². The van der Waals surface area contributed by atoms with E-state index in [1.807, 2.05) is 12.6 Å². The van der Waals surface area contributed by atoms with E-state index in [4.69, 9.17) is 9.47 Å². The van der Waals surface area contributed by atoms with Gasteiger partial charge in [0.2, 0.25) is 0 Å². The molecule has 2 nitrogen and oxygen atoms in total. The van der Waals surface area contributed by atoms with Crippen molar-refractivity contribution in [3.05, 3.63) is 12.0 Å². The average molecular weight is 132 g/mol. The summed E-state index contributed by atoms with van der Waals surface area (Å²) in [4.78, 5) is 0. The molecule has 0 aromatic carbocycles. The molecule has 0 saturated heterocycles. The molecule has 0 N–H and O–H groups in total. The number of hydrogen-bond acceptors (Lipinski definition) is 2. The molecule has 0 fully saturated rings. The molecule has 0 spiro atoms. The topological polar surface area (TPSA) is 18.5 Å². The van der Waals surface area contributed by atoms with Gasteiger partial charge in [-0.05, 0) is 6.92 Å². The second-order valence-corrected chi connectivity index (χ2v) is 2.08. The summed E-state index contributed by atoms with van der Waals surface area (Å²) in [6, 6.07) is 0. The highest BCUT2D eigenvalue weighted by molar-refractivity contribution is 6.16. The van der Waals surface area contributed by atoms with Gasteiger partial charge in [0, 0.05) is 17.4 Å². The maximum absolute atomic E-state index is 4.97. The summed E-state index contributed by atoms with van der Waals surface area (Å²) in [7, 11) is 2.65. The first-order chi connectivity index (χ1) is 3.81. The largest absolute Gasteiger partial charge is 0.474 e. The summed E-state index contributed by atoms with van der Waals surface area (Å²) in [5, 5.41) is 0. The molecule has 0 heterocycles. The van der Waals surface area contributed by atoms with Gasteiger partial charge in [0.25, 0.3) is 0 Å². The van der Waals surface area contributed by atoms with E-state index in [2.05, 4.69) is 0 Å². The Kier molecular flexibility index (Phi) is 4.69. The van der Waals surface area contributed by atoms with E-state index in [9.17, 15) is 0 Å². The molecular formula is C5H12O2Si. The number of ether oxygens (including phenoxy) is 2. The van der Waals surface area contributed by atoms with Gasteiger partial charge in [-0.1, -0.05) is 5.70 Å². The molecule has 3 heteroatoms. The van der Waals surface area contributed by atoms with Crippen molar-refractivity contribution in [2.24, 2.45) is 0 Å². The molecule has 0 amide bonds. The summed E-state index contributed by atoms with van der Waals surface area (Å²) in [6.07, 6.45) is 1.56. The molecule has 0 radical (unpaired) electrons. The zero-order chi connectivity index (χ0) is 6.41. The van der Waals surface area contributed by atoms with Crippen molar-refractivity contribution >= 4 is 10.2 Å². The SMILES string of the molecule is COC(C)OC=C[SiH3]. The van der Waals surface area contributed by atoms with E-state index < -0.39 is 0 Å². The molecule has 0 aromatic heterocycles. The molecule has 1 atom stereocenters. The summed E-state index contributed by atoms with van der Waals surface area (Å²) < 4.78 is 9.77. The summed E-state index contributed by atoms with van der Waals surface area (Å²) in [5.74, 6) is 0. The third-order valence-electron chi connectivity index (χ3n) is 0.738. The maximum Gasteiger partial charge on any atom is 0.195 e. The second-order valence-electron chi connectivity index (χ2n) is 1.41. The lowest BCUT2D eigenvalue weighted by molar-refractivity contribution is -0.0676. The highest BCUT2D eigenvalue weighted by Gasteiger charge is 1.90. The van der Waals surface area contributed by atoms with Gasteiger partial charge >= 0.3 is 0 Å². The van der Waals surface area contributed by atoms with Crippen LogP contribution in [0.2, 0.25) is 0 Å². The Labute approximate surface area is 52.9 Å².